The van der Waals surface area contributed by atoms with Crippen molar-refractivity contribution in [3.63, 3.8) is 0 Å². The molecule has 120 valence electrons. The molecule has 2 amide bonds. The van der Waals surface area contributed by atoms with Gasteiger partial charge in [0.15, 0.2) is 0 Å². The average molecular weight is 327 g/mol. The summed E-state index contributed by atoms with van der Waals surface area (Å²) in [5.74, 6) is 0.0268. The molecule has 0 spiro atoms. The largest absolute Gasteiger partial charge is 0.340 e. The Kier molecular flexibility index (Phi) is 2.79. The first-order chi connectivity index (χ1) is 12.2. The van der Waals surface area contributed by atoms with E-state index in [2.05, 4.69) is 9.97 Å². The second-order valence-electron chi connectivity index (χ2n) is 6.11. The molecule has 1 aliphatic rings. The second-order valence-corrected chi connectivity index (χ2v) is 6.11. The molecule has 0 radical (unpaired) electrons. The number of amides is 2. The van der Waals surface area contributed by atoms with Gasteiger partial charge in [-0.15, -0.1) is 0 Å². The van der Waals surface area contributed by atoms with Crippen LogP contribution in [0.5, 0.6) is 0 Å². The van der Waals surface area contributed by atoms with Crippen molar-refractivity contribution < 1.29 is 9.59 Å². The molecule has 4 aromatic rings. The monoisotopic (exact) mass is 327 g/mol. The minimum absolute atomic E-state index is 0.122. The Morgan fingerprint density at radius 1 is 0.840 bits per heavy atom. The number of para-hydroxylation sites is 2. The van der Waals surface area contributed by atoms with Crippen LogP contribution in [0.4, 0.5) is 0 Å². The Balaban J connectivity index is 1.61. The van der Waals surface area contributed by atoms with Gasteiger partial charge in [0, 0.05) is 16.5 Å². The topological polar surface area (TPSA) is 66.1 Å². The molecule has 5 heteroatoms. The van der Waals surface area contributed by atoms with Crippen LogP contribution in [0.15, 0.2) is 60.7 Å². The third-order valence-electron chi connectivity index (χ3n) is 4.60. The molecule has 0 atom stereocenters. The summed E-state index contributed by atoms with van der Waals surface area (Å²) >= 11 is 0. The number of H-pyrrole nitrogens is 1. The van der Waals surface area contributed by atoms with E-state index in [4.69, 9.17) is 0 Å². The van der Waals surface area contributed by atoms with Crippen molar-refractivity contribution in [2.75, 3.05) is 0 Å². The highest BCUT2D eigenvalue weighted by atomic mass is 16.2. The maximum Gasteiger partial charge on any atom is 0.261 e. The quantitative estimate of drug-likeness (QED) is 0.573. The van der Waals surface area contributed by atoms with E-state index >= 15 is 0 Å². The Hall–Kier alpha value is -3.47. The SMILES string of the molecule is O=C1c2cccc3cccc(c23)C(=O)N1Cc1nc2ccccc2[nH]1. The van der Waals surface area contributed by atoms with E-state index in [0.29, 0.717) is 17.0 Å². The lowest BCUT2D eigenvalue weighted by Crippen LogP contribution is -2.39. The summed E-state index contributed by atoms with van der Waals surface area (Å²) in [5.41, 5.74) is 2.82. The highest BCUT2D eigenvalue weighted by Gasteiger charge is 2.33. The van der Waals surface area contributed by atoms with Gasteiger partial charge in [-0.05, 0) is 29.7 Å². The number of hydrogen-bond acceptors (Lipinski definition) is 3. The molecule has 0 saturated carbocycles. The van der Waals surface area contributed by atoms with Crippen molar-refractivity contribution in [3.8, 4) is 0 Å². The Morgan fingerprint density at radius 2 is 1.52 bits per heavy atom. The lowest BCUT2D eigenvalue weighted by molar-refractivity contribution is 0.0594. The number of aromatic amines is 1. The van der Waals surface area contributed by atoms with E-state index in [1.165, 1.54) is 4.90 Å². The predicted octanol–water partition coefficient (Wildman–Crippen LogP) is 3.51. The molecule has 2 heterocycles. The molecular formula is C20H13N3O2. The first kappa shape index (κ1) is 13.9. The summed E-state index contributed by atoms with van der Waals surface area (Å²) in [6, 6.07) is 18.7. The molecule has 0 unspecified atom stereocenters. The minimum Gasteiger partial charge on any atom is -0.340 e. The maximum absolute atomic E-state index is 12.9. The van der Waals surface area contributed by atoms with E-state index in [-0.39, 0.29) is 18.4 Å². The van der Waals surface area contributed by atoms with Crippen LogP contribution in [0.3, 0.4) is 0 Å². The molecule has 5 rings (SSSR count). The zero-order valence-electron chi connectivity index (χ0n) is 13.2. The Bertz CT molecular complexity index is 1090. The maximum atomic E-state index is 12.9. The van der Waals surface area contributed by atoms with Gasteiger partial charge < -0.3 is 4.98 Å². The number of fused-ring (bicyclic) bond motifs is 1. The number of nitrogens with zero attached hydrogens (tertiary/aromatic N) is 2. The van der Waals surface area contributed by atoms with Crippen molar-refractivity contribution in [2.24, 2.45) is 0 Å². The van der Waals surface area contributed by atoms with Crippen LogP contribution < -0.4 is 0 Å². The summed E-state index contributed by atoms with van der Waals surface area (Å²) in [4.78, 5) is 34.7. The van der Waals surface area contributed by atoms with Crippen LogP contribution in [0.1, 0.15) is 26.5 Å². The van der Waals surface area contributed by atoms with Crippen molar-refractivity contribution in [1.29, 1.82) is 0 Å². The first-order valence-corrected chi connectivity index (χ1v) is 8.04. The van der Waals surface area contributed by atoms with Crippen molar-refractivity contribution in [1.82, 2.24) is 14.9 Å². The number of hydrogen-bond donors (Lipinski definition) is 1. The van der Waals surface area contributed by atoms with E-state index < -0.39 is 0 Å². The number of carbonyl (C=O) groups excluding carboxylic acids is 2. The minimum atomic E-state index is -0.283. The molecule has 5 nitrogen and oxygen atoms in total. The molecule has 1 N–H and O–H groups in total. The van der Waals surface area contributed by atoms with E-state index in [9.17, 15) is 9.59 Å². The fraction of sp³-hybridized carbons (Fsp3) is 0.0500. The van der Waals surface area contributed by atoms with Gasteiger partial charge in [0.25, 0.3) is 11.8 Å². The zero-order chi connectivity index (χ0) is 17.0. The molecule has 0 bridgehead atoms. The van der Waals surface area contributed by atoms with Crippen LogP contribution in [-0.2, 0) is 6.54 Å². The van der Waals surface area contributed by atoms with Gasteiger partial charge in [-0.25, -0.2) is 4.98 Å². The van der Waals surface area contributed by atoms with Crippen LogP contribution in [0.2, 0.25) is 0 Å². The predicted molar refractivity (Wildman–Crippen MR) is 94.2 cm³/mol. The van der Waals surface area contributed by atoms with Gasteiger partial charge in [-0.1, -0.05) is 36.4 Å². The van der Waals surface area contributed by atoms with Crippen LogP contribution in [-0.4, -0.2) is 26.7 Å². The number of imidazole rings is 1. The van der Waals surface area contributed by atoms with Crippen LogP contribution in [0.25, 0.3) is 21.8 Å². The smallest absolute Gasteiger partial charge is 0.261 e. The highest BCUT2D eigenvalue weighted by molar-refractivity contribution is 6.25. The molecule has 25 heavy (non-hydrogen) atoms. The van der Waals surface area contributed by atoms with Crippen molar-refractivity contribution in [3.05, 3.63) is 77.6 Å². The van der Waals surface area contributed by atoms with Gasteiger partial charge in [0.05, 0.1) is 17.6 Å². The van der Waals surface area contributed by atoms with Gasteiger partial charge in [-0.3, -0.25) is 14.5 Å². The summed E-state index contributed by atoms with van der Waals surface area (Å²) < 4.78 is 0. The lowest BCUT2D eigenvalue weighted by Gasteiger charge is -2.26. The van der Waals surface area contributed by atoms with Crippen LogP contribution in [0, 0.1) is 0 Å². The number of benzene rings is 3. The Morgan fingerprint density at radius 3 is 2.20 bits per heavy atom. The molecule has 3 aromatic carbocycles. The molecule has 1 aromatic heterocycles. The summed E-state index contributed by atoms with van der Waals surface area (Å²) in [6.45, 7) is 0.122. The average Bonchev–Trinajstić information content (AvgIpc) is 3.05. The normalized spacial score (nSPS) is 13.8. The number of carbonyl (C=O) groups is 2. The van der Waals surface area contributed by atoms with Gasteiger partial charge >= 0.3 is 0 Å². The van der Waals surface area contributed by atoms with Crippen molar-refractivity contribution in [2.45, 2.75) is 6.54 Å². The third kappa shape index (κ3) is 1.99. The lowest BCUT2D eigenvalue weighted by atomic mass is 9.94. The standard InChI is InChI=1S/C20H13N3O2/c24-19-13-7-3-5-12-6-4-8-14(18(12)13)20(25)23(19)11-17-21-15-9-1-2-10-16(15)22-17/h1-10H,11H2,(H,21,22). The van der Waals surface area contributed by atoms with Crippen molar-refractivity contribution >= 4 is 33.6 Å². The van der Waals surface area contributed by atoms with Crippen LogP contribution >= 0.6 is 0 Å². The molecule has 1 aliphatic heterocycles. The Labute approximate surface area is 142 Å². The van der Waals surface area contributed by atoms with Gasteiger partial charge in [-0.2, -0.15) is 0 Å². The number of rotatable bonds is 2. The summed E-state index contributed by atoms with van der Waals surface area (Å²) in [7, 11) is 0. The number of aromatic nitrogens is 2. The zero-order valence-corrected chi connectivity index (χ0v) is 13.2. The first-order valence-electron chi connectivity index (χ1n) is 8.04. The number of imide groups is 1. The molecule has 0 saturated heterocycles. The fourth-order valence-corrected chi connectivity index (χ4v) is 3.45. The third-order valence-corrected chi connectivity index (χ3v) is 4.60. The second kappa shape index (κ2) is 5.01. The van der Waals surface area contributed by atoms with Gasteiger partial charge in [0.1, 0.15) is 5.82 Å². The van der Waals surface area contributed by atoms with E-state index in [1.54, 1.807) is 12.1 Å². The summed E-state index contributed by atoms with van der Waals surface area (Å²) in [5, 5.41) is 1.64. The number of nitrogens with one attached hydrogen (secondary N) is 1. The molecule has 0 aliphatic carbocycles. The summed E-state index contributed by atoms with van der Waals surface area (Å²) in [6.07, 6.45) is 0. The fourth-order valence-electron chi connectivity index (χ4n) is 3.45. The van der Waals surface area contributed by atoms with E-state index in [0.717, 1.165) is 21.8 Å². The molecular weight excluding hydrogens is 314 g/mol. The van der Waals surface area contributed by atoms with E-state index in [1.807, 2.05) is 48.5 Å². The highest BCUT2D eigenvalue weighted by Crippen LogP contribution is 2.30. The van der Waals surface area contributed by atoms with Gasteiger partial charge in [0.2, 0.25) is 0 Å². The molecule has 0 fully saturated rings.